The molecule has 4 aromatic rings. The fourth-order valence-corrected chi connectivity index (χ4v) is 3.16. The van der Waals surface area contributed by atoms with Crippen LogP contribution in [0.1, 0.15) is 5.56 Å². The van der Waals surface area contributed by atoms with Gasteiger partial charge in [0.2, 0.25) is 0 Å². The Hall–Kier alpha value is -3.76. The molecule has 0 bridgehead atoms. The lowest BCUT2D eigenvalue weighted by Crippen LogP contribution is -2.09. The van der Waals surface area contributed by atoms with E-state index in [1.54, 1.807) is 0 Å². The smallest absolute Gasteiger partial charge is 0.0462 e. The van der Waals surface area contributed by atoms with Gasteiger partial charge in [-0.25, -0.2) is 0 Å². The van der Waals surface area contributed by atoms with Crippen LogP contribution in [0.25, 0.3) is 11.1 Å². The van der Waals surface area contributed by atoms with Crippen LogP contribution in [-0.4, -0.2) is 0 Å². The first-order valence-corrected chi connectivity index (χ1v) is 8.92. The van der Waals surface area contributed by atoms with Gasteiger partial charge in [0.1, 0.15) is 0 Å². The summed E-state index contributed by atoms with van der Waals surface area (Å²) in [6.07, 6.45) is 5.45. The molecule has 0 spiro atoms. The molecule has 1 heteroatoms. The van der Waals surface area contributed by atoms with Crippen molar-refractivity contribution in [2.24, 2.45) is 0 Å². The summed E-state index contributed by atoms with van der Waals surface area (Å²) in [7, 11) is 0. The van der Waals surface area contributed by atoms with E-state index in [-0.39, 0.29) is 0 Å². The molecular weight excluding hydrogens is 326 g/mol. The van der Waals surface area contributed by atoms with E-state index in [1.807, 2.05) is 24.3 Å². The van der Waals surface area contributed by atoms with Crippen molar-refractivity contribution >= 4 is 17.1 Å². The van der Waals surface area contributed by atoms with Gasteiger partial charge in [-0.3, -0.25) is 0 Å². The Kier molecular flexibility index (Phi) is 4.72. The molecule has 27 heavy (non-hydrogen) atoms. The number of hydrogen-bond acceptors (Lipinski definition) is 1. The van der Waals surface area contributed by atoms with Crippen molar-refractivity contribution in [1.29, 1.82) is 0 Å². The van der Waals surface area contributed by atoms with Gasteiger partial charge in [0, 0.05) is 22.6 Å². The van der Waals surface area contributed by atoms with E-state index in [0.717, 1.165) is 28.2 Å². The summed E-state index contributed by atoms with van der Waals surface area (Å²) in [6.45, 7) is 0. The van der Waals surface area contributed by atoms with E-state index >= 15 is 0 Å². The Labute approximate surface area is 160 Å². The average molecular weight is 345 g/mol. The quantitative estimate of drug-likeness (QED) is 0.367. The normalized spacial score (nSPS) is 10.2. The molecule has 0 aromatic heterocycles. The van der Waals surface area contributed by atoms with Gasteiger partial charge >= 0.3 is 0 Å². The molecule has 0 aliphatic carbocycles. The van der Waals surface area contributed by atoms with Crippen molar-refractivity contribution in [3.63, 3.8) is 0 Å². The second-order valence-corrected chi connectivity index (χ2v) is 6.28. The van der Waals surface area contributed by atoms with Gasteiger partial charge in [-0.2, -0.15) is 0 Å². The number of rotatable bonds is 4. The molecule has 1 nitrogen and oxygen atoms in total. The second kappa shape index (κ2) is 7.64. The number of anilines is 3. The molecule has 0 amide bonds. The molecule has 0 saturated heterocycles. The van der Waals surface area contributed by atoms with Crippen LogP contribution in [0.15, 0.2) is 109 Å². The average Bonchev–Trinajstić information content (AvgIpc) is 2.76. The summed E-state index contributed by atoms with van der Waals surface area (Å²) in [5, 5.41) is 0. The van der Waals surface area contributed by atoms with Crippen molar-refractivity contribution in [1.82, 2.24) is 0 Å². The summed E-state index contributed by atoms with van der Waals surface area (Å²) in [5.41, 5.74) is 6.62. The predicted octanol–water partition coefficient (Wildman–Crippen LogP) is 6.80. The maximum atomic E-state index is 5.45. The first-order chi connectivity index (χ1) is 13.3. The molecular formula is C26H19N. The fraction of sp³-hybridized carbons (Fsp3) is 0. The molecule has 4 rings (SSSR count). The number of nitrogens with zero attached hydrogens (tertiary/aromatic N) is 1. The van der Waals surface area contributed by atoms with Crippen LogP contribution in [0.3, 0.4) is 0 Å². The largest absolute Gasteiger partial charge is 0.311 e. The predicted molar refractivity (Wildman–Crippen MR) is 114 cm³/mol. The van der Waals surface area contributed by atoms with E-state index in [9.17, 15) is 0 Å². The van der Waals surface area contributed by atoms with Gasteiger partial charge in [-0.05, 0) is 59.7 Å². The maximum Gasteiger partial charge on any atom is 0.0462 e. The summed E-state index contributed by atoms with van der Waals surface area (Å²) in [5.74, 6) is 2.66. The zero-order valence-corrected chi connectivity index (χ0v) is 14.9. The number of terminal acetylenes is 1. The maximum absolute atomic E-state index is 5.45. The highest BCUT2D eigenvalue weighted by molar-refractivity contribution is 5.78. The van der Waals surface area contributed by atoms with Crippen LogP contribution >= 0.6 is 0 Å². The van der Waals surface area contributed by atoms with Crippen molar-refractivity contribution in [2.45, 2.75) is 0 Å². The number of para-hydroxylation sites is 2. The highest BCUT2D eigenvalue weighted by atomic mass is 15.1. The van der Waals surface area contributed by atoms with Crippen LogP contribution in [0.4, 0.5) is 17.1 Å². The molecule has 0 fully saturated rings. The first-order valence-electron chi connectivity index (χ1n) is 8.92. The van der Waals surface area contributed by atoms with Crippen LogP contribution in [0.2, 0.25) is 0 Å². The SMILES string of the molecule is C#Cc1ccc(-c2ccc(N(c3ccccc3)c3ccccc3)cc2)cc1. The van der Waals surface area contributed by atoms with E-state index in [1.165, 1.54) is 5.56 Å². The van der Waals surface area contributed by atoms with Crippen LogP contribution in [-0.2, 0) is 0 Å². The highest BCUT2D eigenvalue weighted by Gasteiger charge is 2.11. The van der Waals surface area contributed by atoms with Gasteiger partial charge in [0.05, 0.1) is 0 Å². The van der Waals surface area contributed by atoms with Gasteiger partial charge in [-0.1, -0.05) is 66.6 Å². The third kappa shape index (κ3) is 3.61. The summed E-state index contributed by atoms with van der Waals surface area (Å²) >= 11 is 0. The molecule has 128 valence electrons. The third-order valence-electron chi connectivity index (χ3n) is 4.54. The molecule has 0 aliphatic rings. The molecule has 0 aliphatic heterocycles. The fourth-order valence-electron chi connectivity index (χ4n) is 3.16. The van der Waals surface area contributed by atoms with E-state index < -0.39 is 0 Å². The molecule has 0 saturated carbocycles. The lowest BCUT2D eigenvalue weighted by Gasteiger charge is -2.25. The lowest BCUT2D eigenvalue weighted by atomic mass is 10.0. The van der Waals surface area contributed by atoms with Crippen molar-refractivity contribution in [2.75, 3.05) is 4.90 Å². The van der Waals surface area contributed by atoms with Crippen LogP contribution < -0.4 is 4.90 Å². The standard InChI is InChI=1S/C26H19N/c1-2-21-13-15-22(16-14-21)23-17-19-26(20-18-23)27(24-9-5-3-6-10-24)25-11-7-4-8-12-25/h1,3-20H. The Morgan fingerprint density at radius 3 is 1.33 bits per heavy atom. The van der Waals surface area contributed by atoms with Crippen LogP contribution in [0, 0.1) is 12.3 Å². The van der Waals surface area contributed by atoms with Gasteiger partial charge in [0.25, 0.3) is 0 Å². The van der Waals surface area contributed by atoms with E-state index in [4.69, 9.17) is 6.42 Å². The number of hydrogen-bond donors (Lipinski definition) is 0. The first kappa shape index (κ1) is 16.7. The molecule has 0 heterocycles. The summed E-state index contributed by atoms with van der Waals surface area (Å²) in [4.78, 5) is 2.26. The minimum absolute atomic E-state index is 0.898. The molecule has 0 atom stereocenters. The Balaban J connectivity index is 1.72. The third-order valence-corrected chi connectivity index (χ3v) is 4.54. The summed E-state index contributed by atoms with van der Waals surface area (Å²) < 4.78 is 0. The van der Waals surface area contributed by atoms with Crippen LogP contribution in [0.5, 0.6) is 0 Å². The second-order valence-electron chi connectivity index (χ2n) is 6.28. The lowest BCUT2D eigenvalue weighted by molar-refractivity contribution is 1.28. The Morgan fingerprint density at radius 1 is 0.481 bits per heavy atom. The molecule has 4 aromatic carbocycles. The van der Waals surface area contributed by atoms with E-state index in [0.29, 0.717) is 0 Å². The molecule has 0 radical (unpaired) electrons. The highest BCUT2D eigenvalue weighted by Crippen LogP contribution is 2.35. The minimum atomic E-state index is 0.898. The van der Waals surface area contributed by atoms with Gasteiger partial charge in [-0.15, -0.1) is 6.42 Å². The van der Waals surface area contributed by atoms with Crippen molar-refractivity contribution < 1.29 is 0 Å². The zero-order chi connectivity index (χ0) is 18.5. The van der Waals surface area contributed by atoms with E-state index in [2.05, 4.69) is 95.7 Å². The Morgan fingerprint density at radius 2 is 0.889 bits per heavy atom. The molecule has 0 N–H and O–H groups in total. The zero-order valence-electron chi connectivity index (χ0n) is 14.9. The summed E-state index contributed by atoms with van der Waals surface area (Å²) in [6, 6.07) is 37.5. The minimum Gasteiger partial charge on any atom is -0.311 e. The van der Waals surface area contributed by atoms with Crippen molar-refractivity contribution in [3.8, 4) is 23.5 Å². The molecule has 0 unspecified atom stereocenters. The van der Waals surface area contributed by atoms with Crippen molar-refractivity contribution in [3.05, 3.63) is 115 Å². The van der Waals surface area contributed by atoms with Gasteiger partial charge < -0.3 is 4.90 Å². The topological polar surface area (TPSA) is 3.24 Å². The van der Waals surface area contributed by atoms with Gasteiger partial charge in [0.15, 0.2) is 0 Å². The number of benzene rings is 4. The Bertz CT molecular complexity index is 1000. The monoisotopic (exact) mass is 345 g/mol.